The highest BCUT2D eigenvalue weighted by atomic mass is 32.2. The zero-order chi connectivity index (χ0) is 22.9. The Labute approximate surface area is 185 Å². The number of carbonyl (C=O) groups is 1. The lowest BCUT2D eigenvalue weighted by Crippen LogP contribution is -2.44. The van der Waals surface area contributed by atoms with E-state index in [1.807, 2.05) is 0 Å². The van der Waals surface area contributed by atoms with E-state index in [0.29, 0.717) is 17.9 Å². The molecule has 3 aromatic rings. The van der Waals surface area contributed by atoms with Gasteiger partial charge in [-0.1, -0.05) is 5.10 Å². The average Bonchev–Trinajstić information content (AvgIpc) is 3.40. The van der Waals surface area contributed by atoms with Gasteiger partial charge in [0, 0.05) is 11.1 Å². The molecule has 10 nitrogen and oxygen atoms in total. The summed E-state index contributed by atoms with van der Waals surface area (Å²) in [7, 11) is -2.18. The van der Waals surface area contributed by atoms with Gasteiger partial charge in [-0.25, -0.2) is 8.42 Å². The quantitative estimate of drug-likeness (QED) is 0.598. The van der Waals surface area contributed by atoms with Crippen LogP contribution in [-0.4, -0.2) is 54.8 Å². The third kappa shape index (κ3) is 4.22. The second-order valence-corrected chi connectivity index (χ2v) is 9.63. The van der Waals surface area contributed by atoms with Crippen LogP contribution in [0.4, 0.5) is 6.01 Å². The third-order valence-electron chi connectivity index (χ3n) is 5.03. The second kappa shape index (κ2) is 8.34. The summed E-state index contributed by atoms with van der Waals surface area (Å²) in [5.41, 5.74) is 0.265. The van der Waals surface area contributed by atoms with Gasteiger partial charge in [-0.15, -0.1) is 5.10 Å². The lowest BCUT2D eigenvalue weighted by molar-refractivity contribution is 0.102. The van der Waals surface area contributed by atoms with Crippen LogP contribution in [0.5, 0.6) is 5.75 Å². The van der Waals surface area contributed by atoms with E-state index in [4.69, 9.17) is 13.9 Å². The highest BCUT2D eigenvalue weighted by Gasteiger charge is 2.42. The highest BCUT2D eigenvalue weighted by molar-refractivity contribution is 7.89. The van der Waals surface area contributed by atoms with Gasteiger partial charge in [0.25, 0.3) is 5.91 Å². The summed E-state index contributed by atoms with van der Waals surface area (Å²) in [6.07, 6.45) is 0. The number of anilines is 1. The second-order valence-electron chi connectivity index (χ2n) is 7.76. The number of nitrogens with zero attached hydrogens (tertiary/aromatic N) is 3. The van der Waals surface area contributed by atoms with E-state index >= 15 is 0 Å². The minimum absolute atomic E-state index is 0.00867. The fourth-order valence-electron chi connectivity index (χ4n) is 3.22. The smallest absolute Gasteiger partial charge is 0.322 e. The lowest BCUT2D eigenvalue weighted by atomic mass is 10.1. The molecule has 1 aromatic heterocycles. The maximum Gasteiger partial charge on any atom is 0.322 e. The molecule has 2 aromatic carbocycles. The third-order valence-corrected chi connectivity index (χ3v) is 7.07. The molecule has 0 radical (unpaired) electrons. The van der Waals surface area contributed by atoms with Gasteiger partial charge in [0.2, 0.25) is 15.9 Å². The number of hydrogen-bond donors (Lipinski definition) is 1. The Bertz CT molecular complexity index is 1220. The first-order chi connectivity index (χ1) is 15.2. The average molecular weight is 458 g/mol. The minimum atomic E-state index is -3.75. The molecule has 1 saturated heterocycles. The van der Waals surface area contributed by atoms with Gasteiger partial charge in [-0.2, -0.15) is 4.31 Å². The molecule has 168 valence electrons. The van der Waals surface area contributed by atoms with E-state index in [-0.39, 0.29) is 29.1 Å². The van der Waals surface area contributed by atoms with Crippen LogP contribution in [0.2, 0.25) is 0 Å². The van der Waals surface area contributed by atoms with E-state index in [9.17, 15) is 13.2 Å². The first kappa shape index (κ1) is 21.9. The largest absolute Gasteiger partial charge is 0.497 e. The van der Waals surface area contributed by atoms with Crippen molar-refractivity contribution >= 4 is 21.9 Å². The standard InChI is InChI=1S/C21H22N4O6S/c1-21(2)12-30-13-25(21)32(27,28)17-10-6-14(7-11-17)18(26)22-20-24-23-19(31-20)15-4-8-16(29-3)9-5-15/h4-11H,12-13H2,1-3H3,(H,22,24,26). The molecule has 0 aliphatic carbocycles. The number of rotatable bonds is 6. The van der Waals surface area contributed by atoms with Crippen LogP contribution in [0, 0.1) is 0 Å². The van der Waals surface area contributed by atoms with Gasteiger partial charge >= 0.3 is 6.01 Å². The number of nitrogens with one attached hydrogen (secondary N) is 1. The zero-order valence-electron chi connectivity index (χ0n) is 17.7. The monoisotopic (exact) mass is 458 g/mol. The van der Waals surface area contributed by atoms with Crippen LogP contribution >= 0.6 is 0 Å². The van der Waals surface area contributed by atoms with Crippen LogP contribution in [0.1, 0.15) is 24.2 Å². The summed E-state index contributed by atoms with van der Waals surface area (Å²) in [4.78, 5) is 12.6. The molecule has 0 unspecified atom stereocenters. The first-order valence-corrected chi connectivity index (χ1v) is 11.1. The molecule has 4 rings (SSSR count). The number of hydrogen-bond acceptors (Lipinski definition) is 8. The Hall–Kier alpha value is -3.28. The molecule has 1 amide bonds. The normalized spacial score (nSPS) is 16.1. The predicted octanol–water partition coefficient (Wildman–Crippen LogP) is 2.75. The number of carbonyl (C=O) groups excluding carboxylic acids is 1. The van der Waals surface area contributed by atoms with Crippen molar-refractivity contribution in [1.29, 1.82) is 0 Å². The summed E-state index contributed by atoms with van der Waals surface area (Å²) in [5.74, 6) is 0.414. The molecule has 1 aliphatic rings. The SMILES string of the molecule is COc1ccc(-c2nnc(NC(=O)c3ccc(S(=O)(=O)N4COCC4(C)C)cc3)o2)cc1. The van der Waals surface area contributed by atoms with Crippen molar-refractivity contribution in [2.45, 2.75) is 24.3 Å². The number of ether oxygens (including phenoxy) is 2. The molecule has 0 saturated carbocycles. The summed E-state index contributed by atoms with van der Waals surface area (Å²) in [6, 6.07) is 12.6. The van der Waals surface area contributed by atoms with Crippen molar-refractivity contribution in [3.8, 4) is 17.2 Å². The van der Waals surface area contributed by atoms with Gasteiger partial charge < -0.3 is 13.9 Å². The molecule has 1 aliphatic heterocycles. The molecule has 0 spiro atoms. The summed E-state index contributed by atoms with van der Waals surface area (Å²) < 4.78 is 43.0. The van der Waals surface area contributed by atoms with Crippen LogP contribution in [0.25, 0.3) is 11.5 Å². The van der Waals surface area contributed by atoms with Gasteiger partial charge in [-0.3, -0.25) is 10.1 Å². The summed E-state index contributed by atoms with van der Waals surface area (Å²) in [6.45, 7) is 3.90. The molecule has 0 bridgehead atoms. The molecular formula is C21H22N4O6S. The van der Waals surface area contributed by atoms with Crippen LogP contribution in [-0.2, 0) is 14.8 Å². The van der Waals surface area contributed by atoms with E-state index in [1.54, 1.807) is 45.2 Å². The summed E-state index contributed by atoms with van der Waals surface area (Å²) >= 11 is 0. The Balaban J connectivity index is 1.46. The molecule has 0 atom stereocenters. The minimum Gasteiger partial charge on any atom is -0.497 e. The first-order valence-electron chi connectivity index (χ1n) is 9.71. The van der Waals surface area contributed by atoms with Gasteiger partial charge in [-0.05, 0) is 62.4 Å². The van der Waals surface area contributed by atoms with E-state index in [0.717, 1.165) is 0 Å². The number of sulfonamides is 1. The van der Waals surface area contributed by atoms with Crippen molar-refractivity contribution in [3.63, 3.8) is 0 Å². The van der Waals surface area contributed by atoms with Crippen LogP contribution in [0.3, 0.4) is 0 Å². The van der Waals surface area contributed by atoms with Crippen molar-refractivity contribution in [1.82, 2.24) is 14.5 Å². The van der Waals surface area contributed by atoms with Crippen molar-refractivity contribution in [2.24, 2.45) is 0 Å². The van der Waals surface area contributed by atoms with E-state index in [2.05, 4.69) is 15.5 Å². The predicted molar refractivity (Wildman–Crippen MR) is 115 cm³/mol. The van der Waals surface area contributed by atoms with Gasteiger partial charge in [0.1, 0.15) is 12.5 Å². The van der Waals surface area contributed by atoms with Gasteiger partial charge in [0.15, 0.2) is 0 Å². The van der Waals surface area contributed by atoms with Crippen LogP contribution in [0.15, 0.2) is 57.8 Å². The summed E-state index contributed by atoms with van der Waals surface area (Å²) in [5, 5.41) is 10.3. The van der Waals surface area contributed by atoms with Crippen molar-refractivity contribution in [2.75, 3.05) is 25.8 Å². The lowest BCUT2D eigenvalue weighted by Gasteiger charge is -2.28. The van der Waals surface area contributed by atoms with E-state index in [1.165, 1.54) is 28.6 Å². The zero-order valence-corrected chi connectivity index (χ0v) is 18.5. The highest BCUT2D eigenvalue weighted by Crippen LogP contribution is 2.29. The van der Waals surface area contributed by atoms with Crippen molar-refractivity contribution < 1.29 is 27.1 Å². The maximum absolute atomic E-state index is 12.9. The Morgan fingerprint density at radius 3 is 2.38 bits per heavy atom. The number of benzene rings is 2. The van der Waals surface area contributed by atoms with Crippen LogP contribution < -0.4 is 10.1 Å². The molecule has 2 heterocycles. The Morgan fingerprint density at radius 1 is 1.09 bits per heavy atom. The van der Waals surface area contributed by atoms with E-state index < -0.39 is 21.5 Å². The molecule has 1 fully saturated rings. The molecule has 1 N–H and O–H groups in total. The fourth-order valence-corrected chi connectivity index (χ4v) is 4.87. The van der Waals surface area contributed by atoms with Crippen molar-refractivity contribution in [3.05, 3.63) is 54.1 Å². The molecule has 11 heteroatoms. The molecule has 32 heavy (non-hydrogen) atoms. The number of methoxy groups -OCH3 is 1. The fraction of sp³-hybridized carbons (Fsp3) is 0.286. The number of amides is 1. The van der Waals surface area contributed by atoms with Gasteiger partial charge in [0.05, 0.1) is 24.2 Å². The number of aromatic nitrogens is 2. The maximum atomic E-state index is 12.9. The Kier molecular flexibility index (Phi) is 5.71. The molecular weight excluding hydrogens is 436 g/mol. The Morgan fingerprint density at radius 2 is 1.78 bits per heavy atom. The topological polar surface area (TPSA) is 124 Å².